The smallest absolute Gasteiger partial charge is 0.239 e. The average Bonchev–Trinajstić information content (AvgIpc) is 2.89. The van der Waals surface area contributed by atoms with Crippen LogP contribution in [0.25, 0.3) is 0 Å². The minimum absolute atomic E-state index is 0.151. The molecule has 0 saturated carbocycles. The van der Waals surface area contributed by atoms with Crippen LogP contribution in [0.15, 0.2) is 48.0 Å². The summed E-state index contributed by atoms with van der Waals surface area (Å²) in [5, 5.41) is 0. The second-order valence-electron chi connectivity index (χ2n) is 3.60. The first-order valence-corrected chi connectivity index (χ1v) is 5.43. The predicted octanol–water partition coefficient (Wildman–Crippen LogP) is 3.44. The molecule has 0 N–H and O–H groups in total. The van der Waals surface area contributed by atoms with Crippen LogP contribution >= 0.6 is 0 Å². The molecule has 15 heavy (non-hydrogen) atoms. The van der Waals surface area contributed by atoms with Crippen molar-refractivity contribution in [2.75, 3.05) is 0 Å². The lowest BCUT2D eigenvalue weighted by atomic mass is 10.4. The molecule has 2 aliphatic rings. The number of hydrogen-bond acceptors (Lipinski definition) is 2. The van der Waals surface area contributed by atoms with Gasteiger partial charge in [0, 0.05) is 19.3 Å². The van der Waals surface area contributed by atoms with Gasteiger partial charge < -0.3 is 9.47 Å². The van der Waals surface area contributed by atoms with E-state index >= 15 is 0 Å². The van der Waals surface area contributed by atoms with E-state index in [9.17, 15) is 0 Å². The fourth-order valence-corrected chi connectivity index (χ4v) is 1.56. The molecule has 0 amide bonds. The van der Waals surface area contributed by atoms with Gasteiger partial charge in [0.15, 0.2) is 0 Å². The van der Waals surface area contributed by atoms with E-state index in [0.717, 1.165) is 30.8 Å². The Morgan fingerprint density at radius 3 is 1.93 bits per heavy atom. The molecule has 80 valence electrons. The molecule has 0 aromatic heterocycles. The van der Waals surface area contributed by atoms with Crippen LogP contribution in [0, 0.1) is 0 Å². The lowest BCUT2D eigenvalue weighted by Gasteiger charge is -2.20. The van der Waals surface area contributed by atoms with E-state index in [0.29, 0.717) is 0 Å². The van der Waals surface area contributed by atoms with Crippen molar-refractivity contribution < 1.29 is 9.47 Å². The van der Waals surface area contributed by atoms with Crippen molar-refractivity contribution in [2.24, 2.45) is 0 Å². The van der Waals surface area contributed by atoms with Crippen molar-refractivity contribution >= 4 is 0 Å². The maximum absolute atomic E-state index is 5.73. The van der Waals surface area contributed by atoms with Gasteiger partial charge in [-0.15, -0.1) is 0 Å². The highest BCUT2D eigenvalue weighted by Crippen LogP contribution is 2.20. The highest BCUT2D eigenvalue weighted by atomic mass is 16.7. The van der Waals surface area contributed by atoms with Crippen molar-refractivity contribution in [3.05, 3.63) is 48.0 Å². The zero-order valence-electron chi connectivity index (χ0n) is 8.98. The molecule has 0 aromatic carbocycles. The van der Waals surface area contributed by atoms with Crippen molar-refractivity contribution in [1.82, 2.24) is 0 Å². The minimum Gasteiger partial charge on any atom is -0.459 e. The second kappa shape index (κ2) is 4.87. The van der Waals surface area contributed by atoms with Gasteiger partial charge in [-0.2, -0.15) is 0 Å². The van der Waals surface area contributed by atoms with Crippen molar-refractivity contribution in [1.29, 1.82) is 0 Å². The van der Waals surface area contributed by atoms with Gasteiger partial charge in [0.1, 0.15) is 11.5 Å². The van der Waals surface area contributed by atoms with Crippen LogP contribution in [-0.2, 0) is 9.47 Å². The van der Waals surface area contributed by atoms with Crippen molar-refractivity contribution in [3.63, 3.8) is 0 Å². The molecule has 2 nitrogen and oxygen atoms in total. The zero-order chi connectivity index (χ0) is 10.5. The molecule has 0 aliphatic heterocycles. The Labute approximate surface area is 90.6 Å². The first-order chi connectivity index (χ1) is 7.38. The standard InChI is InChI=1S/C13H16O2/c1-2-13(14-11-7-3-4-8-11)15-12-9-5-6-10-12/h3-7,9,13H,2,8,10H2,1H3. The molecule has 0 heterocycles. The van der Waals surface area contributed by atoms with Crippen LogP contribution in [0.2, 0.25) is 0 Å². The van der Waals surface area contributed by atoms with E-state index in [-0.39, 0.29) is 6.29 Å². The molecule has 0 saturated heterocycles. The summed E-state index contributed by atoms with van der Waals surface area (Å²) < 4.78 is 11.5. The normalized spacial score (nSPS) is 18.3. The Kier molecular flexibility index (Phi) is 3.28. The highest BCUT2D eigenvalue weighted by Gasteiger charge is 2.13. The zero-order valence-corrected chi connectivity index (χ0v) is 8.98. The molecule has 0 fully saturated rings. The summed E-state index contributed by atoms with van der Waals surface area (Å²) in [6.07, 6.45) is 14.7. The first-order valence-electron chi connectivity index (χ1n) is 5.43. The Morgan fingerprint density at radius 2 is 1.60 bits per heavy atom. The van der Waals surface area contributed by atoms with E-state index in [2.05, 4.69) is 19.1 Å². The number of rotatable bonds is 5. The van der Waals surface area contributed by atoms with Gasteiger partial charge in [-0.25, -0.2) is 0 Å². The topological polar surface area (TPSA) is 18.5 Å². The molecule has 2 rings (SSSR count). The fourth-order valence-electron chi connectivity index (χ4n) is 1.56. The molecule has 2 heteroatoms. The van der Waals surface area contributed by atoms with Crippen LogP contribution in [0.3, 0.4) is 0 Å². The summed E-state index contributed by atoms with van der Waals surface area (Å²) in [6.45, 7) is 2.07. The quantitative estimate of drug-likeness (QED) is 0.639. The summed E-state index contributed by atoms with van der Waals surface area (Å²) in [5.74, 6) is 1.99. The maximum atomic E-state index is 5.73. The third-order valence-corrected chi connectivity index (χ3v) is 2.37. The van der Waals surface area contributed by atoms with E-state index in [1.807, 2.05) is 24.3 Å². The van der Waals surface area contributed by atoms with E-state index < -0.39 is 0 Å². The van der Waals surface area contributed by atoms with Gasteiger partial charge in [0.05, 0.1) is 0 Å². The van der Waals surface area contributed by atoms with Gasteiger partial charge >= 0.3 is 0 Å². The lowest BCUT2D eigenvalue weighted by Crippen LogP contribution is -2.15. The van der Waals surface area contributed by atoms with Crippen LogP contribution in [0.1, 0.15) is 26.2 Å². The van der Waals surface area contributed by atoms with Crippen LogP contribution < -0.4 is 0 Å². The van der Waals surface area contributed by atoms with Crippen LogP contribution in [-0.4, -0.2) is 6.29 Å². The maximum Gasteiger partial charge on any atom is 0.239 e. The predicted molar refractivity (Wildman–Crippen MR) is 59.9 cm³/mol. The van der Waals surface area contributed by atoms with E-state index in [4.69, 9.17) is 9.47 Å². The summed E-state index contributed by atoms with van der Waals surface area (Å²) >= 11 is 0. The molecule has 2 aliphatic carbocycles. The third kappa shape index (κ3) is 2.75. The lowest BCUT2D eigenvalue weighted by molar-refractivity contribution is -0.0887. The van der Waals surface area contributed by atoms with Crippen molar-refractivity contribution in [2.45, 2.75) is 32.5 Å². The van der Waals surface area contributed by atoms with E-state index in [1.54, 1.807) is 0 Å². The molecule has 0 radical (unpaired) electrons. The Morgan fingerprint density at radius 1 is 1.07 bits per heavy atom. The Balaban J connectivity index is 1.82. The van der Waals surface area contributed by atoms with Gasteiger partial charge in [-0.1, -0.05) is 31.2 Å². The van der Waals surface area contributed by atoms with Crippen LogP contribution in [0.4, 0.5) is 0 Å². The van der Waals surface area contributed by atoms with Gasteiger partial charge in [-0.3, -0.25) is 0 Å². The summed E-state index contributed by atoms with van der Waals surface area (Å²) in [6, 6.07) is 0. The Hall–Kier alpha value is -1.44. The summed E-state index contributed by atoms with van der Waals surface area (Å²) in [4.78, 5) is 0. The molecule has 0 spiro atoms. The Bertz CT molecular complexity index is 302. The monoisotopic (exact) mass is 204 g/mol. The summed E-state index contributed by atoms with van der Waals surface area (Å²) in [7, 11) is 0. The van der Waals surface area contributed by atoms with Gasteiger partial charge in [0.2, 0.25) is 6.29 Å². The largest absolute Gasteiger partial charge is 0.459 e. The number of ether oxygens (including phenoxy) is 2. The molecule has 0 bridgehead atoms. The number of allylic oxidation sites excluding steroid dienone is 6. The first kappa shape index (κ1) is 10.1. The fraction of sp³-hybridized carbons (Fsp3) is 0.385. The molecule has 0 unspecified atom stereocenters. The van der Waals surface area contributed by atoms with Gasteiger partial charge in [0.25, 0.3) is 0 Å². The van der Waals surface area contributed by atoms with E-state index in [1.165, 1.54) is 0 Å². The molecular formula is C13H16O2. The molecule has 0 atom stereocenters. The molecular weight excluding hydrogens is 188 g/mol. The molecule has 0 aromatic rings. The van der Waals surface area contributed by atoms with Gasteiger partial charge in [-0.05, 0) is 12.2 Å². The van der Waals surface area contributed by atoms with Crippen molar-refractivity contribution in [3.8, 4) is 0 Å². The third-order valence-electron chi connectivity index (χ3n) is 2.37. The second-order valence-corrected chi connectivity index (χ2v) is 3.60. The minimum atomic E-state index is -0.151. The van der Waals surface area contributed by atoms with Crippen LogP contribution in [0.5, 0.6) is 0 Å². The number of hydrogen-bond donors (Lipinski definition) is 0. The average molecular weight is 204 g/mol. The summed E-state index contributed by atoms with van der Waals surface area (Å²) in [5.41, 5.74) is 0. The highest BCUT2D eigenvalue weighted by molar-refractivity contribution is 5.19. The SMILES string of the molecule is CCC(OC1=CC=CC1)OC1=CC=CC1.